The van der Waals surface area contributed by atoms with Crippen molar-refractivity contribution >= 4 is 12.0 Å². The molecule has 1 aromatic carbocycles. The van der Waals surface area contributed by atoms with Crippen molar-refractivity contribution in [1.82, 2.24) is 4.90 Å². The third kappa shape index (κ3) is 3.88. The van der Waals surface area contributed by atoms with Crippen molar-refractivity contribution in [3.63, 3.8) is 0 Å². The maximum Gasteiger partial charge on any atom is 0.410 e. The van der Waals surface area contributed by atoms with E-state index in [0.717, 1.165) is 0 Å². The molecule has 22 heavy (non-hydrogen) atoms. The normalized spacial score (nSPS) is 18.0. The van der Waals surface area contributed by atoms with Crippen molar-refractivity contribution in [3.05, 3.63) is 29.3 Å². The first-order valence-corrected chi connectivity index (χ1v) is 6.91. The molecule has 1 atom stereocenters. The van der Waals surface area contributed by atoms with Crippen LogP contribution in [0.4, 0.5) is 4.79 Å². The van der Waals surface area contributed by atoms with Gasteiger partial charge in [-0.05, 0) is 32.9 Å². The Morgan fingerprint density at radius 1 is 1.41 bits per heavy atom. The van der Waals surface area contributed by atoms with E-state index >= 15 is 0 Å². The molecule has 0 aromatic heterocycles. The van der Waals surface area contributed by atoms with Crippen LogP contribution in [0.5, 0.6) is 5.75 Å². The van der Waals surface area contributed by atoms with Crippen LogP contribution in [0.25, 0.3) is 0 Å². The molecule has 0 radical (unpaired) electrons. The fourth-order valence-corrected chi connectivity index (χ4v) is 2.06. The number of amides is 2. The zero-order valence-electron chi connectivity index (χ0n) is 12.8. The second-order valence-electron chi connectivity index (χ2n) is 6.12. The lowest BCUT2D eigenvalue weighted by Crippen LogP contribution is -2.40. The first kappa shape index (κ1) is 16.1. The number of β-amino-alcohol motifs (C(OH)–C–C–N with tert-alkyl or cyclic N) is 1. The maximum absolute atomic E-state index is 12.2. The van der Waals surface area contributed by atoms with E-state index in [2.05, 4.69) is 0 Å². The Labute approximate surface area is 128 Å². The van der Waals surface area contributed by atoms with Crippen molar-refractivity contribution in [1.29, 1.82) is 0 Å². The van der Waals surface area contributed by atoms with Gasteiger partial charge in [0, 0.05) is 11.1 Å². The van der Waals surface area contributed by atoms with Crippen LogP contribution in [0.3, 0.4) is 0 Å². The van der Waals surface area contributed by atoms with E-state index in [4.69, 9.17) is 15.2 Å². The standard InChI is InChI=1S/C15H20N2O5/c1-15(2,3)22-14(20)17-7-10-5-4-9(13(16)19)6-11(10)21-12(18)8-17/h4-6,12,18H,7-8H2,1-3H3,(H2,16,19). The topological polar surface area (TPSA) is 102 Å². The molecule has 7 nitrogen and oxygen atoms in total. The number of fused-ring (bicyclic) bond motifs is 1. The van der Waals surface area contributed by atoms with Gasteiger partial charge in [0.05, 0.1) is 13.1 Å². The zero-order chi connectivity index (χ0) is 16.5. The number of nitrogens with zero attached hydrogens (tertiary/aromatic N) is 1. The number of ether oxygens (including phenoxy) is 2. The average molecular weight is 308 g/mol. The van der Waals surface area contributed by atoms with Gasteiger partial charge in [-0.3, -0.25) is 9.69 Å². The Balaban J connectivity index is 2.25. The summed E-state index contributed by atoms with van der Waals surface area (Å²) in [6, 6.07) is 4.65. The number of hydrogen-bond acceptors (Lipinski definition) is 5. The van der Waals surface area contributed by atoms with Gasteiger partial charge in [0.1, 0.15) is 11.4 Å². The molecule has 0 saturated heterocycles. The first-order chi connectivity index (χ1) is 10.2. The van der Waals surface area contributed by atoms with Crippen molar-refractivity contribution in [2.75, 3.05) is 6.54 Å². The lowest BCUT2D eigenvalue weighted by molar-refractivity contribution is -0.0419. The fraction of sp³-hybridized carbons (Fsp3) is 0.467. The van der Waals surface area contributed by atoms with Gasteiger partial charge in [0.15, 0.2) is 0 Å². The number of carbonyl (C=O) groups is 2. The molecule has 1 aliphatic rings. The van der Waals surface area contributed by atoms with E-state index in [-0.39, 0.29) is 18.7 Å². The summed E-state index contributed by atoms with van der Waals surface area (Å²) in [5.74, 6) is -0.260. The van der Waals surface area contributed by atoms with Crippen molar-refractivity contribution in [3.8, 4) is 5.75 Å². The number of aliphatic hydroxyl groups excluding tert-OH is 1. The van der Waals surface area contributed by atoms with E-state index in [1.54, 1.807) is 32.9 Å². The van der Waals surface area contributed by atoms with Gasteiger partial charge in [-0.25, -0.2) is 4.79 Å². The van der Waals surface area contributed by atoms with Gasteiger partial charge in [0.25, 0.3) is 0 Å². The molecule has 2 rings (SSSR count). The third-order valence-corrected chi connectivity index (χ3v) is 3.00. The Bertz CT molecular complexity index is 594. The summed E-state index contributed by atoms with van der Waals surface area (Å²) < 4.78 is 10.7. The van der Waals surface area contributed by atoms with E-state index in [1.807, 2.05) is 0 Å². The molecule has 1 heterocycles. The van der Waals surface area contributed by atoms with Gasteiger partial charge >= 0.3 is 6.09 Å². The Hall–Kier alpha value is -2.28. The largest absolute Gasteiger partial charge is 0.463 e. The van der Waals surface area contributed by atoms with Crippen LogP contribution in [0, 0.1) is 0 Å². The van der Waals surface area contributed by atoms with Crippen LogP contribution in [0.2, 0.25) is 0 Å². The summed E-state index contributed by atoms with van der Waals surface area (Å²) in [4.78, 5) is 24.7. The highest BCUT2D eigenvalue weighted by atomic mass is 16.6. The Morgan fingerprint density at radius 3 is 2.68 bits per heavy atom. The van der Waals surface area contributed by atoms with Gasteiger partial charge in [-0.2, -0.15) is 0 Å². The maximum atomic E-state index is 12.2. The molecule has 3 N–H and O–H groups in total. The molecule has 1 unspecified atom stereocenters. The van der Waals surface area contributed by atoms with Crippen LogP contribution in [-0.2, 0) is 11.3 Å². The number of benzene rings is 1. The number of rotatable bonds is 1. The third-order valence-electron chi connectivity index (χ3n) is 3.00. The van der Waals surface area contributed by atoms with Gasteiger partial charge in [0.2, 0.25) is 12.2 Å². The van der Waals surface area contributed by atoms with Crippen LogP contribution < -0.4 is 10.5 Å². The average Bonchev–Trinajstić information content (AvgIpc) is 2.53. The minimum atomic E-state index is -1.21. The van der Waals surface area contributed by atoms with Gasteiger partial charge < -0.3 is 20.3 Å². The lowest BCUT2D eigenvalue weighted by Gasteiger charge is -2.26. The molecule has 2 amide bonds. The van der Waals surface area contributed by atoms with Crippen LogP contribution >= 0.6 is 0 Å². The predicted molar refractivity (Wildman–Crippen MR) is 78.2 cm³/mol. The summed E-state index contributed by atoms with van der Waals surface area (Å²) in [5.41, 5.74) is 5.53. The van der Waals surface area contributed by atoms with Crippen LogP contribution in [0.1, 0.15) is 36.7 Å². The van der Waals surface area contributed by atoms with E-state index in [1.165, 1.54) is 11.0 Å². The quantitative estimate of drug-likeness (QED) is 0.812. The molecule has 120 valence electrons. The number of aliphatic hydroxyl groups is 1. The van der Waals surface area contributed by atoms with Crippen molar-refractivity contribution in [2.45, 2.75) is 39.2 Å². The molecule has 0 bridgehead atoms. The second kappa shape index (κ2) is 5.84. The summed E-state index contributed by atoms with van der Waals surface area (Å²) in [5, 5.41) is 9.90. The van der Waals surface area contributed by atoms with E-state index in [0.29, 0.717) is 11.3 Å². The highest BCUT2D eigenvalue weighted by Gasteiger charge is 2.28. The highest BCUT2D eigenvalue weighted by Crippen LogP contribution is 2.27. The number of hydrogen-bond donors (Lipinski definition) is 2. The fourth-order valence-electron chi connectivity index (χ4n) is 2.06. The Morgan fingerprint density at radius 2 is 2.09 bits per heavy atom. The molecule has 1 aromatic rings. The van der Waals surface area contributed by atoms with Crippen LogP contribution in [-0.4, -0.2) is 40.4 Å². The summed E-state index contributed by atoms with van der Waals surface area (Å²) >= 11 is 0. The highest BCUT2D eigenvalue weighted by molar-refractivity contribution is 5.93. The van der Waals surface area contributed by atoms with E-state index in [9.17, 15) is 14.7 Å². The molecular formula is C15H20N2O5. The molecule has 0 aliphatic carbocycles. The summed E-state index contributed by atoms with van der Waals surface area (Å²) in [6.45, 7) is 5.48. The Kier molecular flexibility index (Phi) is 4.27. The lowest BCUT2D eigenvalue weighted by atomic mass is 10.1. The minimum absolute atomic E-state index is 0.0322. The molecule has 7 heteroatoms. The predicted octanol–water partition coefficient (Wildman–Crippen LogP) is 1.23. The first-order valence-electron chi connectivity index (χ1n) is 6.91. The molecule has 1 aliphatic heterocycles. The summed E-state index contributed by atoms with van der Waals surface area (Å²) in [7, 11) is 0. The zero-order valence-corrected chi connectivity index (χ0v) is 12.8. The van der Waals surface area contributed by atoms with E-state index < -0.39 is 23.9 Å². The van der Waals surface area contributed by atoms with Crippen molar-refractivity contribution < 1.29 is 24.2 Å². The number of carbonyl (C=O) groups excluding carboxylic acids is 2. The SMILES string of the molecule is CC(C)(C)OC(=O)N1Cc2ccc(C(N)=O)cc2OC(O)C1. The van der Waals surface area contributed by atoms with Gasteiger partial charge in [-0.15, -0.1) is 0 Å². The summed E-state index contributed by atoms with van der Waals surface area (Å²) in [6.07, 6.45) is -1.75. The second-order valence-corrected chi connectivity index (χ2v) is 6.12. The molecule has 0 saturated carbocycles. The molecule has 0 spiro atoms. The monoisotopic (exact) mass is 308 g/mol. The van der Waals surface area contributed by atoms with Crippen molar-refractivity contribution in [2.24, 2.45) is 5.73 Å². The number of nitrogens with two attached hydrogens (primary N) is 1. The number of primary amides is 1. The molecular weight excluding hydrogens is 288 g/mol. The van der Waals surface area contributed by atoms with Crippen LogP contribution in [0.15, 0.2) is 18.2 Å². The molecule has 0 fully saturated rings. The van der Waals surface area contributed by atoms with Gasteiger partial charge in [-0.1, -0.05) is 6.07 Å². The minimum Gasteiger partial charge on any atom is -0.463 e. The smallest absolute Gasteiger partial charge is 0.410 e.